The summed E-state index contributed by atoms with van der Waals surface area (Å²) in [5, 5.41) is 0. The molecule has 0 N–H and O–H groups in total. The quantitative estimate of drug-likeness (QED) is 0.861. The van der Waals surface area contributed by atoms with E-state index >= 15 is 0 Å². The molecule has 1 aliphatic heterocycles. The number of nitrogens with zero attached hydrogens (tertiary/aromatic N) is 2. The number of aryl methyl sites for hydroxylation is 2. The topological polar surface area (TPSA) is 23.6 Å². The number of amides is 1. The zero-order valence-corrected chi connectivity index (χ0v) is 14.7. The molecule has 1 amide bonds. The van der Waals surface area contributed by atoms with Crippen molar-refractivity contribution in [2.45, 2.75) is 26.8 Å². The van der Waals surface area contributed by atoms with Crippen LogP contribution >= 0.6 is 0 Å². The van der Waals surface area contributed by atoms with Crippen LogP contribution in [0.4, 0.5) is 0 Å². The van der Waals surface area contributed by atoms with Gasteiger partial charge >= 0.3 is 0 Å². The zero-order valence-electron chi connectivity index (χ0n) is 14.7. The van der Waals surface area contributed by atoms with Gasteiger partial charge in [-0.3, -0.25) is 9.69 Å². The van der Waals surface area contributed by atoms with Crippen molar-refractivity contribution in [3.63, 3.8) is 0 Å². The van der Waals surface area contributed by atoms with E-state index in [1.807, 2.05) is 30.9 Å². The molecule has 0 unspecified atom stereocenters. The van der Waals surface area contributed by atoms with Gasteiger partial charge in [-0.15, -0.1) is 0 Å². The monoisotopic (exact) mass is 322 g/mol. The average Bonchev–Trinajstić information content (AvgIpc) is 2.83. The molecule has 24 heavy (non-hydrogen) atoms. The first-order valence-corrected chi connectivity index (χ1v) is 8.76. The molecule has 2 aromatic carbocycles. The third kappa shape index (κ3) is 4.04. The van der Waals surface area contributed by atoms with Gasteiger partial charge in [0.25, 0.3) is 5.91 Å². The maximum atomic E-state index is 12.9. The molecule has 3 heteroatoms. The first kappa shape index (κ1) is 16.7. The van der Waals surface area contributed by atoms with Crippen molar-refractivity contribution in [1.82, 2.24) is 9.80 Å². The van der Waals surface area contributed by atoms with Crippen molar-refractivity contribution in [3.8, 4) is 0 Å². The van der Waals surface area contributed by atoms with E-state index in [-0.39, 0.29) is 5.91 Å². The third-order valence-corrected chi connectivity index (χ3v) is 4.75. The smallest absolute Gasteiger partial charge is 0.254 e. The Balaban J connectivity index is 1.65. The van der Waals surface area contributed by atoms with Crippen LogP contribution in [0.3, 0.4) is 0 Å². The first-order chi connectivity index (χ1) is 11.6. The van der Waals surface area contributed by atoms with Crippen LogP contribution in [-0.2, 0) is 6.54 Å². The highest BCUT2D eigenvalue weighted by atomic mass is 16.2. The van der Waals surface area contributed by atoms with Gasteiger partial charge in [-0.2, -0.15) is 0 Å². The van der Waals surface area contributed by atoms with Gasteiger partial charge in [-0.1, -0.05) is 48.0 Å². The molecular weight excluding hydrogens is 296 g/mol. The highest BCUT2D eigenvalue weighted by molar-refractivity contribution is 5.95. The number of hydrogen-bond acceptors (Lipinski definition) is 2. The minimum absolute atomic E-state index is 0.178. The standard InChI is InChI=1S/C21H26N2O/c1-17-9-10-18(2)20(15-17)21(24)23-12-6-11-22(13-14-23)16-19-7-4-3-5-8-19/h3-5,7-10,15H,6,11-14,16H2,1-2H3. The van der Waals surface area contributed by atoms with Crippen LogP contribution in [0.15, 0.2) is 48.5 Å². The van der Waals surface area contributed by atoms with E-state index in [0.29, 0.717) is 0 Å². The van der Waals surface area contributed by atoms with E-state index in [2.05, 4.69) is 41.3 Å². The van der Waals surface area contributed by atoms with Crippen LogP contribution in [0, 0.1) is 13.8 Å². The van der Waals surface area contributed by atoms with E-state index in [1.165, 1.54) is 5.56 Å². The van der Waals surface area contributed by atoms with Crippen LogP contribution in [0.5, 0.6) is 0 Å². The first-order valence-electron chi connectivity index (χ1n) is 8.76. The summed E-state index contributed by atoms with van der Waals surface area (Å²) in [6.45, 7) is 8.66. The molecule has 0 radical (unpaired) electrons. The normalized spacial score (nSPS) is 16.0. The van der Waals surface area contributed by atoms with Crippen molar-refractivity contribution in [2.24, 2.45) is 0 Å². The Morgan fingerprint density at radius 3 is 2.54 bits per heavy atom. The summed E-state index contributed by atoms with van der Waals surface area (Å²) in [5.74, 6) is 0.178. The molecular formula is C21H26N2O. The Kier molecular flexibility index (Phi) is 5.31. The molecule has 0 atom stereocenters. The lowest BCUT2D eigenvalue weighted by Gasteiger charge is -2.23. The maximum absolute atomic E-state index is 12.9. The minimum atomic E-state index is 0.178. The second-order valence-electron chi connectivity index (χ2n) is 6.73. The molecule has 0 bridgehead atoms. The number of rotatable bonds is 3. The number of carbonyl (C=O) groups is 1. The lowest BCUT2D eigenvalue weighted by atomic mass is 10.0. The highest BCUT2D eigenvalue weighted by Crippen LogP contribution is 2.16. The molecule has 2 aromatic rings. The van der Waals surface area contributed by atoms with Gasteiger partial charge in [-0.05, 0) is 37.5 Å². The molecule has 126 valence electrons. The molecule has 0 aliphatic carbocycles. The van der Waals surface area contributed by atoms with Gasteiger partial charge in [0.2, 0.25) is 0 Å². The Bertz CT molecular complexity index is 696. The van der Waals surface area contributed by atoms with E-state index in [0.717, 1.165) is 55.8 Å². The molecule has 3 rings (SSSR count). The van der Waals surface area contributed by atoms with Crippen molar-refractivity contribution in [1.29, 1.82) is 0 Å². The van der Waals surface area contributed by atoms with Crippen LogP contribution < -0.4 is 0 Å². The fraction of sp³-hybridized carbons (Fsp3) is 0.381. The number of benzene rings is 2. The summed E-state index contributed by atoms with van der Waals surface area (Å²) in [6, 6.07) is 16.7. The molecule has 1 heterocycles. The lowest BCUT2D eigenvalue weighted by molar-refractivity contribution is 0.0760. The molecule has 1 saturated heterocycles. The van der Waals surface area contributed by atoms with Crippen LogP contribution in [0.25, 0.3) is 0 Å². The summed E-state index contributed by atoms with van der Waals surface area (Å²) in [7, 11) is 0. The van der Waals surface area contributed by atoms with Crippen LogP contribution in [0.1, 0.15) is 33.5 Å². The number of hydrogen-bond donors (Lipinski definition) is 0. The fourth-order valence-corrected chi connectivity index (χ4v) is 3.31. The average molecular weight is 322 g/mol. The van der Waals surface area contributed by atoms with Gasteiger partial charge in [0.05, 0.1) is 0 Å². The zero-order chi connectivity index (χ0) is 16.9. The van der Waals surface area contributed by atoms with Gasteiger partial charge in [0, 0.05) is 38.3 Å². The van der Waals surface area contributed by atoms with Gasteiger partial charge in [-0.25, -0.2) is 0 Å². The lowest BCUT2D eigenvalue weighted by Crippen LogP contribution is -2.35. The van der Waals surface area contributed by atoms with Crippen molar-refractivity contribution in [2.75, 3.05) is 26.2 Å². The summed E-state index contributed by atoms with van der Waals surface area (Å²) in [4.78, 5) is 17.4. The van der Waals surface area contributed by atoms with E-state index in [1.54, 1.807) is 0 Å². The summed E-state index contributed by atoms with van der Waals surface area (Å²) in [5.41, 5.74) is 4.40. The predicted octanol–water partition coefficient (Wildman–Crippen LogP) is 3.65. The predicted molar refractivity (Wildman–Crippen MR) is 98.2 cm³/mol. The summed E-state index contributed by atoms with van der Waals surface area (Å²) in [6.07, 6.45) is 1.03. The fourth-order valence-electron chi connectivity index (χ4n) is 3.31. The van der Waals surface area contributed by atoms with Crippen molar-refractivity contribution in [3.05, 3.63) is 70.8 Å². The Morgan fingerprint density at radius 1 is 0.958 bits per heavy atom. The molecule has 0 saturated carbocycles. The minimum Gasteiger partial charge on any atom is -0.337 e. The Hall–Kier alpha value is -2.13. The van der Waals surface area contributed by atoms with Crippen LogP contribution in [-0.4, -0.2) is 41.9 Å². The second-order valence-corrected chi connectivity index (χ2v) is 6.73. The largest absolute Gasteiger partial charge is 0.337 e. The molecule has 3 nitrogen and oxygen atoms in total. The van der Waals surface area contributed by atoms with Crippen LogP contribution in [0.2, 0.25) is 0 Å². The maximum Gasteiger partial charge on any atom is 0.254 e. The Morgan fingerprint density at radius 2 is 1.75 bits per heavy atom. The molecule has 1 fully saturated rings. The van der Waals surface area contributed by atoms with E-state index < -0.39 is 0 Å². The van der Waals surface area contributed by atoms with Gasteiger partial charge < -0.3 is 4.90 Å². The van der Waals surface area contributed by atoms with Crippen molar-refractivity contribution < 1.29 is 4.79 Å². The summed E-state index contributed by atoms with van der Waals surface area (Å²) < 4.78 is 0. The van der Waals surface area contributed by atoms with Gasteiger partial charge in [0.1, 0.15) is 0 Å². The Labute approximate surface area is 144 Å². The summed E-state index contributed by atoms with van der Waals surface area (Å²) >= 11 is 0. The van der Waals surface area contributed by atoms with Crippen molar-refractivity contribution >= 4 is 5.91 Å². The third-order valence-electron chi connectivity index (χ3n) is 4.75. The van der Waals surface area contributed by atoms with E-state index in [9.17, 15) is 4.79 Å². The van der Waals surface area contributed by atoms with E-state index in [4.69, 9.17) is 0 Å². The molecule has 1 aliphatic rings. The van der Waals surface area contributed by atoms with Gasteiger partial charge in [0.15, 0.2) is 0 Å². The SMILES string of the molecule is Cc1ccc(C)c(C(=O)N2CCCN(Cc3ccccc3)CC2)c1. The molecule has 0 spiro atoms. The number of carbonyl (C=O) groups excluding carboxylic acids is 1. The highest BCUT2D eigenvalue weighted by Gasteiger charge is 2.21. The second kappa shape index (κ2) is 7.63. The molecule has 0 aromatic heterocycles.